The maximum absolute atomic E-state index is 11.4. The molecule has 2 aromatic carbocycles. The smallest absolute Gasteiger partial charge is 0.304 e. The van der Waals surface area contributed by atoms with Crippen LogP contribution in [-0.4, -0.2) is 51.1 Å². The molecule has 0 aromatic heterocycles. The second kappa shape index (κ2) is 10.8. The lowest BCUT2D eigenvalue weighted by atomic mass is 9.95. The molecule has 3 rings (SSSR count). The molecule has 164 valence electrons. The Kier molecular flexibility index (Phi) is 7.88. The molecule has 7 heteroatoms. The quantitative estimate of drug-likeness (QED) is 0.626. The lowest BCUT2D eigenvalue weighted by Gasteiger charge is -2.34. The highest BCUT2D eigenvalue weighted by Crippen LogP contribution is 2.35. The van der Waals surface area contributed by atoms with Gasteiger partial charge in [-0.1, -0.05) is 6.07 Å². The minimum atomic E-state index is -0.855. The van der Waals surface area contributed by atoms with Crippen LogP contribution in [-0.2, 0) is 14.3 Å². The number of aliphatic carboxylic acids is 1. The summed E-state index contributed by atoms with van der Waals surface area (Å²) in [5, 5.41) is 21.8. The third kappa shape index (κ3) is 5.97. The molecule has 0 saturated carbocycles. The van der Waals surface area contributed by atoms with Crippen molar-refractivity contribution in [1.29, 1.82) is 5.26 Å². The largest absolute Gasteiger partial charge is 0.481 e. The predicted molar refractivity (Wildman–Crippen MR) is 120 cm³/mol. The Morgan fingerprint density at radius 2 is 2.00 bits per heavy atom. The summed E-state index contributed by atoms with van der Waals surface area (Å²) in [5.41, 5.74) is 4.29. The molecule has 1 unspecified atom stereocenters. The summed E-state index contributed by atoms with van der Waals surface area (Å²) in [7, 11) is 3.66. The van der Waals surface area contributed by atoms with Crippen molar-refractivity contribution in [3.8, 4) is 6.07 Å². The van der Waals surface area contributed by atoms with E-state index in [0.29, 0.717) is 18.2 Å². The first kappa shape index (κ1) is 22.6. The maximum Gasteiger partial charge on any atom is 0.304 e. The predicted octanol–water partition coefficient (Wildman–Crippen LogP) is 4.12. The highest BCUT2D eigenvalue weighted by atomic mass is 16.5. The van der Waals surface area contributed by atoms with Crippen molar-refractivity contribution in [3.63, 3.8) is 0 Å². The minimum Gasteiger partial charge on any atom is -0.481 e. The van der Waals surface area contributed by atoms with E-state index in [-0.39, 0.29) is 12.3 Å². The lowest BCUT2D eigenvalue weighted by Crippen LogP contribution is -2.37. The first-order chi connectivity index (χ1) is 15.0. The zero-order valence-corrected chi connectivity index (χ0v) is 18.0. The van der Waals surface area contributed by atoms with Crippen LogP contribution in [0.3, 0.4) is 0 Å². The Labute approximate surface area is 183 Å². The summed E-state index contributed by atoms with van der Waals surface area (Å²) in [4.78, 5) is 13.6. The molecule has 7 nitrogen and oxygen atoms in total. The average molecular weight is 424 g/mol. The number of methoxy groups -OCH3 is 1. The highest BCUT2D eigenvalue weighted by Gasteiger charge is 2.23. The van der Waals surface area contributed by atoms with Crippen LogP contribution in [0.25, 0.3) is 0 Å². The molecule has 0 aliphatic carbocycles. The number of nitriles is 1. The molecule has 1 fully saturated rings. The summed E-state index contributed by atoms with van der Waals surface area (Å²) in [6.07, 6.45) is 1.92. The molecule has 1 aliphatic heterocycles. The fourth-order valence-corrected chi connectivity index (χ4v) is 3.95. The van der Waals surface area contributed by atoms with Crippen LogP contribution in [0, 0.1) is 11.3 Å². The molecule has 0 bridgehead atoms. The molecule has 2 aromatic rings. The summed E-state index contributed by atoms with van der Waals surface area (Å²) >= 11 is 0. The van der Waals surface area contributed by atoms with Crippen molar-refractivity contribution in [2.45, 2.75) is 31.2 Å². The van der Waals surface area contributed by atoms with Gasteiger partial charge >= 0.3 is 5.97 Å². The number of nitrogens with zero attached hydrogens (tertiary/aromatic N) is 2. The van der Waals surface area contributed by atoms with Crippen molar-refractivity contribution >= 4 is 23.0 Å². The number of hydrogen-bond acceptors (Lipinski definition) is 6. The Bertz CT molecular complexity index is 917. The molecule has 1 aliphatic rings. The van der Waals surface area contributed by atoms with Crippen LogP contribution in [0.5, 0.6) is 0 Å². The number of nitrogens with one attached hydrogen (secondary N) is 1. The third-order valence-electron chi connectivity index (χ3n) is 5.69. The van der Waals surface area contributed by atoms with E-state index in [2.05, 4.69) is 23.3 Å². The van der Waals surface area contributed by atoms with Gasteiger partial charge in [-0.3, -0.25) is 4.79 Å². The van der Waals surface area contributed by atoms with Gasteiger partial charge in [0.1, 0.15) is 0 Å². The molecule has 1 heterocycles. The Hall–Kier alpha value is -3.08. The first-order valence-corrected chi connectivity index (χ1v) is 10.4. The number of ether oxygens (including phenoxy) is 2. The number of anilines is 3. The Morgan fingerprint density at radius 1 is 1.29 bits per heavy atom. The van der Waals surface area contributed by atoms with E-state index in [1.807, 2.05) is 30.3 Å². The van der Waals surface area contributed by atoms with Crippen molar-refractivity contribution in [3.05, 3.63) is 53.6 Å². The van der Waals surface area contributed by atoms with Crippen LogP contribution in [0.15, 0.2) is 42.5 Å². The summed E-state index contributed by atoms with van der Waals surface area (Å²) < 4.78 is 10.8. The van der Waals surface area contributed by atoms with Gasteiger partial charge in [-0.2, -0.15) is 5.26 Å². The molecule has 1 atom stereocenters. The van der Waals surface area contributed by atoms with Crippen molar-refractivity contribution < 1.29 is 19.4 Å². The Morgan fingerprint density at radius 3 is 2.61 bits per heavy atom. The van der Waals surface area contributed by atoms with Crippen LogP contribution in [0.4, 0.5) is 17.1 Å². The van der Waals surface area contributed by atoms with Crippen molar-refractivity contribution in [2.75, 3.05) is 44.2 Å². The number of carboxylic acids is 1. The van der Waals surface area contributed by atoms with Crippen molar-refractivity contribution in [2.24, 2.45) is 0 Å². The van der Waals surface area contributed by atoms with Crippen LogP contribution in [0.2, 0.25) is 0 Å². The molecule has 31 heavy (non-hydrogen) atoms. The molecular weight excluding hydrogens is 394 g/mol. The van der Waals surface area contributed by atoms with E-state index in [9.17, 15) is 9.90 Å². The van der Waals surface area contributed by atoms with Gasteiger partial charge in [0.05, 0.1) is 36.0 Å². The second-order valence-corrected chi connectivity index (χ2v) is 7.80. The SMILES string of the molecule is COCC(CC(=O)O)c1ccc(N(C)C2CCOCC2)c(Nc2ccc(C#N)cc2)c1. The summed E-state index contributed by atoms with van der Waals surface area (Å²) in [6, 6.07) is 15.8. The number of carbonyl (C=O) groups is 1. The minimum absolute atomic E-state index is 0.000698. The van der Waals surface area contributed by atoms with Gasteiger partial charge in [-0.05, 0) is 54.8 Å². The number of carboxylic acid groups (broad SMARTS) is 1. The van der Waals surface area contributed by atoms with Crippen molar-refractivity contribution in [1.82, 2.24) is 0 Å². The topological polar surface area (TPSA) is 94.8 Å². The van der Waals surface area contributed by atoms with Crippen LogP contribution in [0.1, 0.15) is 36.3 Å². The summed E-state index contributed by atoms with van der Waals surface area (Å²) in [6.45, 7) is 1.83. The van der Waals surface area contributed by atoms with E-state index in [0.717, 1.165) is 48.7 Å². The highest BCUT2D eigenvalue weighted by molar-refractivity contribution is 5.77. The summed E-state index contributed by atoms with van der Waals surface area (Å²) in [5.74, 6) is -1.10. The standard InChI is InChI=1S/C24H29N3O4/c1-27(21-9-11-31-12-10-21)23-8-5-18(19(16-30-2)14-24(28)29)13-22(23)26-20-6-3-17(15-25)4-7-20/h3-8,13,19,21,26H,9-12,14,16H2,1-2H3,(H,28,29). The zero-order valence-electron chi connectivity index (χ0n) is 18.0. The van der Waals surface area contributed by atoms with Gasteiger partial charge in [-0.25, -0.2) is 0 Å². The number of rotatable bonds is 9. The van der Waals surface area contributed by atoms with E-state index < -0.39 is 5.97 Å². The monoisotopic (exact) mass is 423 g/mol. The fraction of sp³-hybridized carbons (Fsp3) is 0.417. The molecule has 2 N–H and O–H groups in total. The van der Waals surface area contributed by atoms with E-state index in [4.69, 9.17) is 14.7 Å². The van der Waals surface area contributed by atoms with Crippen LogP contribution >= 0.6 is 0 Å². The Balaban J connectivity index is 1.96. The van der Waals surface area contributed by atoms with Gasteiger partial charge in [0.25, 0.3) is 0 Å². The average Bonchev–Trinajstić information content (AvgIpc) is 2.79. The molecular formula is C24H29N3O4. The van der Waals surface area contributed by atoms with E-state index in [1.165, 1.54) is 0 Å². The van der Waals surface area contributed by atoms with Gasteiger partial charge in [-0.15, -0.1) is 0 Å². The fourth-order valence-electron chi connectivity index (χ4n) is 3.95. The normalized spacial score (nSPS) is 15.1. The maximum atomic E-state index is 11.4. The third-order valence-corrected chi connectivity index (χ3v) is 5.69. The van der Waals surface area contributed by atoms with Gasteiger partial charge in [0, 0.05) is 45.0 Å². The molecule has 1 saturated heterocycles. The first-order valence-electron chi connectivity index (χ1n) is 10.4. The number of benzene rings is 2. The van der Waals surface area contributed by atoms with E-state index in [1.54, 1.807) is 19.2 Å². The lowest BCUT2D eigenvalue weighted by molar-refractivity contribution is -0.137. The zero-order chi connectivity index (χ0) is 22.2. The molecule has 0 spiro atoms. The molecule has 0 radical (unpaired) electrons. The number of hydrogen-bond donors (Lipinski definition) is 2. The van der Waals surface area contributed by atoms with Gasteiger partial charge in [0.2, 0.25) is 0 Å². The second-order valence-electron chi connectivity index (χ2n) is 7.80. The van der Waals surface area contributed by atoms with E-state index >= 15 is 0 Å². The van der Waals surface area contributed by atoms with Gasteiger partial charge in [0.15, 0.2) is 0 Å². The van der Waals surface area contributed by atoms with Crippen LogP contribution < -0.4 is 10.2 Å². The molecule has 0 amide bonds. The van der Waals surface area contributed by atoms with Gasteiger partial charge < -0.3 is 24.8 Å².